The molecule has 1 fully saturated rings. The molecule has 4 nitrogen and oxygen atoms in total. The van der Waals surface area contributed by atoms with Gasteiger partial charge in [-0.05, 0) is 32.6 Å². The van der Waals surface area contributed by atoms with Gasteiger partial charge in [0.25, 0.3) is 0 Å². The van der Waals surface area contributed by atoms with E-state index >= 15 is 0 Å². The molecule has 92 valence electrons. The fourth-order valence-electron chi connectivity index (χ4n) is 2.35. The molecule has 0 aromatic carbocycles. The third kappa shape index (κ3) is 3.22. The molecule has 1 N–H and O–H groups in total. The first-order valence-corrected chi connectivity index (χ1v) is 5.85. The number of carbonyl (C=O) groups excluding carboxylic acids is 1. The highest BCUT2D eigenvalue weighted by Gasteiger charge is 2.35. The zero-order valence-electron chi connectivity index (χ0n) is 10.3. The van der Waals surface area contributed by atoms with E-state index in [0.717, 1.165) is 19.4 Å². The summed E-state index contributed by atoms with van der Waals surface area (Å²) in [6.45, 7) is 6.76. The minimum absolute atomic E-state index is 0.0555. The molecule has 1 unspecified atom stereocenters. The average molecular weight is 227 g/mol. The SMILES string of the molecule is CC(CC(=O)O)CC(=O)N1CCCC1(C)C. The van der Waals surface area contributed by atoms with Gasteiger partial charge in [0.15, 0.2) is 0 Å². The highest BCUT2D eigenvalue weighted by atomic mass is 16.4. The van der Waals surface area contributed by atoms with Crippen molar-refractivity contribution in [2.75, 3.05) is 6.54 Å². The second-order valence-corrected chi connectivity index (χ2v) is 5.37. The number of aliphatic carboxylic acids is 1. The van der Waals surface area contributed by atoms with Gasteiger partial charge in [0, 0.05) is 24.9 Å². The molecule has 0 aromatic rings. The third-order valence-electron chi connectivity index (χ3n) is 3.25. The third-order valence-corrected chi connectivity index (χ3v) is 3.25. The van der Waals surface area contributed by atoms with E-state index in [1.54, 1.807) is 0 Å². The summed E-state index contributed by atoms with van der Waals surface area (Å²) >= 11 is 0. The van der Waals surface area contributed by atoms with Crippen molar-refractivity contribution >= 4 is 11.9 Å². The molecule has 4 heteroatoms. The quantitative estimate of drug-likeness (QED) is 0.797. The molecule has 1 heterocycles. The Balaban J connectivity index is 2.49. The Morgan fingerprint density at radius 1 is 1.38 bits per heavy atom. The number of hydrogen-bond acceptors (Lipinski definition) is 2. The predicted molar refractivity (Wildman–Crippen MR) is 61.1 cm³/mol. The molecule has 0 aromatic heterocycles. The lowest BCUT2D eigenvalue weighted by Crippen LogP contribution is -2.43. The number of hydrogen-bond donors (Lipinski definition) is 1. The molecule has 1 atom stereocenters. The van der Waals surface area contributed by atoms with Crippen LogP contribution >= 0.6 is 0 Å². The van der Waals surface area contributed by atoms with Crippen molar-refractivity contribution in [3.05, 3.63) is 0 Å². The van der Waals surface area contributed by atoms with E-state index in [-0.39, 0.29) is 23.8 Å². The summed E-state index contributed by atoms with van der Waals surface area (Å²) in [4.78, 5) is 24.4. The molecule has 0 saturated carbocycles. The summed E-state index contributed by atoms with van der Waals surface area (Å²) in [5.74, 6) is -0.821. The molecule has 16 heavy (non-hydrogen) atoms. The van der Waals surface area contributed by atoms with Crippen LogP contribution in [0, 0.1) is 5.92 Å². The number of carboxylic acid groups (broad SMARTS) is 1. The number of nitrogens with zero attached hydrogens (tertiary/aromatic N) is 1. The average Bonchev–Trinajstić information content (AvgIpc) is 2.43. The summed E-state index contributed by atoms with van der Waals surface area (Å²) in [6, 6.07) is 0. The van der Waals surface area contributed by atoms with Crippen LogP contribution in [0.5, 0.6) is 0 Å². The fraction of sp³-hybridized carbons (Fsp3) is 0.833. The summed E-state index contributed by atoms with van der Waals surface area (Å²) in [7, 11) is 0. The van der Waals surface area contributed by atoms with Crippen LogP contribution in [-0.4, -0.2) is 34.0 Å². The summed E-state index contributed by atoms with van der Waals surface area (Å²) in [6.07, 6.45) is 2.49. The molecule has 1 aliphatic heterocycles. The lowest BCUT2D eigenvalue weighted by molar-refractivity contribution is -0.139. The van der Waals surface area contributed by atoms with Crippen LogP contribution in [0.1, 0.15) is 46.5 Å². The lowest BCUT2D eigenvalue weighted by atomic mass is 9.99. The first kappa shape index (κ1) is 13.0. The van der Waals surface area contributed by atoms with Crippen LogP contribution < -0.4 is 0 Å². The highest BCUT2D eigenvalue weighted by Crippen LogP contribution is 2.29. The Morgan fingerprint density at radius 3 is 2.44 bits per heavy atom. The smallest absolute Gasteiger partial charge is 0.303 e. The van der Waals surface area contributed by atoms with Gasteiger partial charge in [-0.3, -0.25) is 9.59 Å². The zero-order valence-corrected chi connectivity index (χ0v) is 10.3. The molecule has 0 radical (unpaired) electrons. The van der Waals surface area contributed by atoms with E-state index in [9.17, 15) is 9.59 Å². The van der Waals surface area contributed by atoms with Crippen LogP contribution in [0.3, 0.4) is 0 Å². The van der Waals surface area contributed by atoms with Crippen LogP contribution in [0.25, 0.3) is 0 Å². The van der Waals surface area contributed by atoms with Gasteiger partial charge >= 0.3 is 5.97 Å². The van der Waals surface area contributed by atoms with Crippen LogP contribution in [0.15, 0.2) is 0 Å². The van der Waals surface area contributed by atoms with Gasteiger partial charge in [-0.25, -0.2) is 0 Å². The Kier molecular flexibility index (Phi) is 3.94. The summed E-state index contributed by atoms with van der Waals surface area (Å²) < 4.78 is 0. The zero-order chi connectivity index (χ0) is 12.3. The summed E-state index contributed by atoms with van der Waals surface area (Å²) in [5.41, 5.74) is -0.0555. The number of likely N-dealkylation sites (tertiary alicyclic amines) is 1. The van der Waals surface area contributed by atoms with Crippen molar-refractivity contribution in [1.82, 2.24) is 4.90 Å². The number of amides is 1. The molecule has 1 rings (SSSR count). The maximum absolute atomic E-state index is 12.0. The van der Waals surface area contributed by atoms with Crippen LogP contribution in [-0.2, 0) is 9.59 Å². The standard InChI is InChI=1S/C12H21NO3/c1-9(8-11(15)16)7-10(14)13-6-4-5-12(13,2)3/h9H,4-8H2,1-3H3,(H,15,16). The molecule has 1 saturated heterocycles. The van der Waals surface area contributed by atoms with Gasteiger partial charge in [0.2, 0.25) is 5.91 Å². The van der Waals surface area contributed by atoms with E-state index < -0.39 is 5.97 Å². The molecule has 0 bridgehead atoms. The maximum atomic E-state index is 12.0. The van der Waals surface area contributed by atoms with E-state index in [2.05, 4.69) is 13.8 Å². The van der Waals surface area contributed by atoms with Crippen molar-refractivity contribution in [3.8, 4) is 0 Å². The minimum Gasteiger partial charge on any atom is -0.481 e. The first-order chi connectivity index (χ1) is 7.33. The molecule has 0 spiro atoms. The van der Waals surface area contributed by atoms with Gasteiger partial charge in [-0.15, -0.1) is 0 Å². The highest BCUT2D eigenvalue weighted by molar-refractivity contribution is 5.78. The van der Waals surface area contributed by atoms with Crippen molar-refractivity contribution in [1.29, 1.82) is 0 Å². The molecule has 1 amide bonds. The monoisotopic (exact) mass is 227 g/mol. The molecule has 1 aliphatic rings. The van der Waals surface area contributed by atoms with Crippen LogP contribution in [0.2, 0.25) is 0 Å². The van der Waals surface area contributed by atoms with E-state index in [1.807, 2.05) is 11.8 Å². The molecular weight excluding hydrogens is 206 g/mol. The maximum Gasteiger partial charge on any atom is 0.303 e. The second-order valence-electron chi connectivity index (χ2n) is 5.37. The topological polar surface area (TPSA) is 57.6 Å². The Labute approximate surface area is 96.6 Å². The second kappa shape index (κ2) is 4.85. The van der Waals surface area contributed by atoms with Gasteiger partial charge in [0.05, 0.1) is 0 Å². The molecular formula is C12H21NO3. The Morgan fingerprint density at radius 2 is 2.00 bits per heavy atom. The van der Waals surface area contributed by atoms with E-state index in [0.29, 0.717) is 6.42 Å². The van der Waals surface area contributed by atoms with Crippen molar-refractivity contribution < 1.29 is 14.7 Å². The Hall–Kier alpha value is -1.06. The number of carbonyl (C=O) groups is 2. The first-order valence-electron chi connectivity index (χ1n) is 5.85. The van der Waals surface area contributed by atoms with Crippen molar-refractivity contribution in [2.45, 2.75) is 52.0 Å². The fourth-order valence-corrected chi connectivity index (χ4v) is 2.35. The Bertz CT molecular complexity index is 286. The van der Waals surface area contributed by atoms with Gasteiger partial charge in [-0.2, -0.15) is 0 Å². The largest absolute Gasteiger partial charge is 0.481 e. The summed E-state index contributed by atoms with van der Waals surface area (Å²) in [5, 5.41) is 8.64. The molecule has 0 aliphatic carbocycles. The van der Waals surface area contributed by atoms with Crippen molar-refractivity contribution in [3.63, 3.8) is 0 Å². The van der Waals surface area contributed by atoms with Crippen molar-refractivity contribution in [2.24, 2.45) is 5.92 Å². The van der Waals surface area contributed by atoms with Gasteiger partial charge < -0.3 is 10.0 Å². The number of carboxylic acids is 1. The lowest BCUT2D eigenvalue weighted by Gasteiger charge is -2.32. The van der Waals surface area contributed by atoms with E-state index in [4.69, 9.17) is 5.11 Å². The van der Waals surface area contributed by atoms with E-state index in [1.165, 1.54) is 0 Å². The predicted octanol–water partition coefficient (Wildman–Crippen LogP) is 1.89. The minimum atomic E-state index is -0.832. The van der Waals surface area contributed by atoms with Gasteiger partial charge in [-0.1, -0.05) is 6.92 Å². The van der Waals surface area contributed by atoms with Gasteiger partial charge in [0.1, 0.15) is 0 Å². The number of rotatable bonds is 4. The normalized spacial score (nSPS) is 20.8. The van der Waals surface area contributed by atoms with Crippen LogP contribution in [0.4, 0.5) is 0 Å².